The van der Waals surface area contributed by atoms with E-state index in [1.54, 1.807) is 4.67 Å². The Kier molecular flexibility index (Phi) is 5.84. The molecule has 0 heterocycles. The zero-order chi connectivity index (χ0) is 12.2. The Balaban J connectivity index is 4.82. The Labute approximate surface area is 96.6 Å². The zero-order valence-electron chi connectivity index (χ0n) is 9.64. The number of nitrogens with zero attached hydrogens (tertiary/aromatic N) is 2. The highest BCUT2D eigenvalue weighted by molar-refractivity contribution is 7.87. The molecular weight excluding hydrogens is 233 g/mol. The van der Waals surface area contributed by atoms with Gasteiger partial charge in [0.1, 0.15) is 6.04 Å². The third-order valence-corrected chi connectivity index (χ3v) is 5.39. The van der Waals surface area contributed by atoms with Crippen molar-refractivity contribution in [1.82, 2.24) is 4.67 Å². The van der Waals surface area contributed by atoms with E-state index in [1.807, 2.05) is 33.8 Å². The Morgan fingerprint density at radius 3 is 2.07 bits per heavy atom. The van der Waals surface area contributed by atoms with Gasteiger partial charge in [-0.1, -0.05) is 0 Å². The average molecular weight is 252 g/mol. The third-order valence-electron chi connectivity index (χ3n) is 1.99. The summed E-state index contributed by atoms with van der Waals surface area (Å²) in [5.41, 5.74) is 5.45. The van der Waals surface area contributed by atoms with Crippen molar-refractivity contribution in [3.63, 3.8) is 0 Å². The fraction of sp³-hybridized carbons (Fsp3) is 0.889. The minimum Gasteiger partial charge on any atom is -0.315 e. The first-order valence-electron chi connectivity index (χ1n) is 4.95. The largest absolute Gasteiger partial charge is 0.315 e. The molecule has 4 nitrogen and oxygen atoms in total. The highest BCUT2D eigenvalue weighted by Gasteiger charge is 2.34. The summed E-state index contributed by atoms with van der Waals surface area (Å²) in [6, 6.07) is 1.22. The first-order valence-corrected chi connectivity index (χ1v) is 7.70. The van der Waals surface area contributed by atoms with Crippen LogP contribution in [0, 0.1) is 11.3 Å². The summed E-state index contributed by atoms with van der Waals surface area (Å²) in [6.45, 7) is 4.66. The predicted molar refractivity (Wildman–Crippen MR) is 64.0 cm³/mol. The van der Waals surface area contributed by atoms with Gasteiger partial charge in [-0.05, 0) is 38.9 Å². The van der Waals surface area contributed by atoms with Crippen LogP contribution in [0.1, 0.15) is 27.7 Å². The molecule has 0 aromatic carbocycles. The Bertz CT molecular complexity index is 280. The van der Waals surface area contributed by atoms with Crippen LogP contribution in [0.3, 0.4) is 0 Å². The molecule has 0 amide bonds. The van der Waals surface area contributed by atoms with Gasteiger partial charge in [0, 0.05) is 12.1 Å². The van der Waals surface area contributed by atoms with E-state index in [9.17, 15) is 4.57 Å². The lowest BCUT2D eigenvalue weighted by Gasteiger charge is -2.34. The van der Waals surface area contributed by atoms with E-state index in [0.29, 0.717) is 0 Å². The molecule has 0 aromatic rings. The molecule has 0 saturated heterocycles. The number of nitrogens with two attached hydrogens (primary N) is 1. The van der Waals surface area contributed by atoms with Gasteiger partial charge in [-0.25, -0.2) is 4.67 Å². The monoisotopic (exact) mass is 251 g/mol. The molecule has 0 aromatic heterocycles. The van der Waals surface area contributed by atoms with Gasteiger partial charge in [-0.3, -0.25) is 4.57 Å². The van der Waals surface area contributed by atoms with Crippen LogP contribution in [-0.4, -0.2) is 29.0 Å². The van der Waals surface area contributed by atoms with Gasteiger partial charge in [-0.15, -0.1) is 0 Å². The molecule has 88 valence electrons. The number of hydrogen-bond donors (Lipinski definition) is 1. The quantitative estimate of drug-likeness (QED) is 0.762. The van der Waals surface area contributed by atoms with Crippen molar-refractivity contribution in [1.29, 1.82) is 5.26 Å². The molecule has 0 radical (unpaired) electrons. The maximum absolute atomic E-state index is 12.2. The summed E-state index contributed by atoms with van der Waals surface area (Å²) in [5, 5.41) is 8.58. The fourth-order valence-electron chi connectivity index (χ4n) is 1.66. The van der Waals surface area contributed by atoms with Gasteiger partial charge in [-0.2, -0.15) is 5.26 Å². The lowest BCUT2D eigenvalue weighted by atomic mass is 10.3. The molecule has 2 N–H and O–H groups in total. The molecule has 0 aliphatic rings. The van der Waals surface area contributed by atoms with E-state index in [-0.39, 0.29) is 18.2 Å². The molecule has 0 rings (SSSR count). The van der Waals surface area contributed by atoms with Crippen LogP contribution >= 0.6 is 17.9 Å². The second-order valence-corrected chi connectivity index (χ2v) is 7.75. The van der Waals surface area contributed by atoms with Crippen LogP contribution < -0.4 is 5.73 Å². The van der Waals surface area contributed by atoms with E-state index >= 15 is 0 Å². The lowest BCUT2D eigenvalue weighted by Crippen LogP contribution is -2.36. The summed E-state index contributed by atoms with van der Waals surface area (Å²) in [7, 11) is 0. The fourth-order valence-corrected chi connectivity index (χ4v) is 5.29. The van der Waals surface area contributed by atoms with Crippen molar-refractivity contribution in [3.8, 4) is 6.07 Å². The van der Waals surface area contributed by atoms with Crippen molar-refractivity contribution in [3.05, 3.63) is 0 Å². The highest BCUT2D eigenvalue weighted by Crippen LogP contribution is 2.57. The summed E-state index contributed by atoms with van der Waals surface area (Å²) in [6.07, 6.45) is 0.0292. The van der Waals surface area contributed by atoms with E-state index < -0.39 is 12.7 Å². The molecule has 0 saturated carbocycles. The highest BCUT2D eigenvalue weighted by atomic mass is 35.7. The van der Waals surface area contributed by atoms with Crippen LogP contribution in [0.2, 0.25) is 0 Å². The molecule has 0 aliphatic heterocycles. The summed E-state index contributed by atoms with van der Waals surface area (Å²) >= 11 is 6.02. The molecule has 6 heteroatoms. The average Bonchev–Trinajstić information content (AvgIpc) is 2.00. The molecule has 0 spiro atoms. The van der Waals surface area contributed by atoms with Gasteiger partial charge in [0.2, 0.25) is 6.65 Å². The first-order chi connectivity index (χ1) is 6.72. The lowest BCUT2D eigenvalue weighted by molar-refractivity contribution is 0.305. The van der Waals surface area contributed by atoms with Crippen molar-refractivity contribution < 1.29 is 4.57 Å². The van der Waals surface area contributed by atoms with Crippen LogP contribution in [0.25, 0.3) is 0 Å². The SMILES string of the molecule is CC(C)N(C(C)C)P(=O)(Cl)CC(N)C#N. The normalized spacial score (nSPS) is 17.9. The Hall–Kier alpha value is -0.0700. The second-order valence-electron chi connectivity index (χ2n) is 4.10. The summed E-state index contributed by atoms with van der Waals surface area (Å²) in [5.74, 6) is 0. The van der Waals surface area contributed by atoms with E-state index in [1.165, 1.54) is 0 Å². The number of rotatable bonds is 5. The van der Waals surface area contributed by atoms with E-state index in [4.69, 9.17) is 22.2 Å². The van der Waals surface area contributed by atoms with Crippen molar-refractivity contribution in [2.45, 2.75) is 45.8 Å². The predicted octanol–water partition coefficient (Wildman–Crippen LogP) is 2.39. The molecule has 15 heavy (non-hydrogen) atoms. The van der Waals surface area contributed by atoms with E-state index in [2.05, 4.69) is 0 Å². The standard InChI is InChI=1S/C9H19ClN3OP/c1-7(2)13(8(3)4)15(10,14)6-9(12)5-11/h7-9H,6,12H2,1-4H3. The van der Waals surface area contributed by atoms with E-state index in [0.717, 1.165) is 0 Å². The van der Waals surface area contributed by atoms with Gasteiger partial charge in [0.05, 0.1) is 12.2 Å². The molecule has 0 fully saturated rings. The van der Waals surface area contributed by atoms with Crippen LogP contribution in [-0.2, 0) is 4.57 Å². The minimum atomic E-state index is -3.03. The van der Waals surface area contributed by atoms with Crippen molar-refractivity contribution >= 4 is 17.9 Å². The number of nitriles is 1. The minimum absolute atomic E-state index is 0.0292. The van der Waals surface area contributed by atoms with Crippen molar-refractivity contribution in [2.24, 2.45) is 5.73 Å². The second kappa shape index (κ2) is 5.86. The number of halogens is 1. The smallest absolute Gasteiger partial charge is 0.237 e. The van der Waals surface area contributed by atoms with Gasteiger partial charge >= 0.3 is 0 Å². The topological polar surface area (TPSA) is 70.1 Å². The van der Waals surface area contributed by atoms with Crippen LogP contribution in [0.15, 0.2) is 0 Å². The Morgan fingerprint density at radius 1 is 1.40 bits per heavy atom. The first kappa shape index (κ1) is 14.9. The molecule has 2 atom stereocenters. The molecular formula is C9H19ClN3OP. The molecule has 0 bridgehead atoms. The maximum atomic E-state index is 12.2. The van der Waals surface area contributed by atoms with Gasteiger partial charge in [0.15, 0.2) is 0 Å². The molecule has 0 aliphatic carbocycles. The molecule has 2 unspecified atom stereocenters. The number of hydrogen-bond acceptors (Lipinski definition) is 3. The zero-order valence-corrected chi connectivity index (χ0v) is 11.3. The van der Waals surface area contributed by atoms with Crippen molar-refractivity contribution in [2.75, 3.05) is 6.16 Å². The van der Waals surface area contributed by atoms with Crippen LogP contribution in [0.4, 0.5) is 0 Å². The summed E-state index contributed by atoms with van der Waals surface area (Å²) < 4.78 is 14.0. The third kappa shape index (κ3) is 4.53. The van der Waals surface area contributed by atoms with Crippen LogP contribution in [0.5, 0.6) is 0 Å². The van der Waals surface area contributed by atoms with Gasteiger partial charge in [0.25, 0.3) is 0 Å². The summed E-state index contributed by atoms with van der Waals surface area (Å²) in [4.78, 5) is 0. The van der Waals surface area contributed by atoms with Gasteiger partial charge < -0.3 is 5.73 Å². The Morgan fingerprint density at radius 2 is 1.80 bits per heavy atom. The maximum Gasteiger partial charge on any atom is 0.237 e.